The third-order valence-electron chi connectivity index (χ3n) is 6.38. The standard InChI is InChI=1S/C28H28N2O2/c1-2-26-28-23(15-16-30(26)27(31)17-20-9-5-3-6-10-20)24-18-22(13-14-25(24)29-28)32-19-21-11-7-4-8-12-21/h3-14,18,26,29H,2,15-17,19H2,1H3. The van der Waals surface area contributed by atoms with Crippen LogP contribution in [0.15, 0.2) is 78.9 Å². The van der Waals surface area contributed by atoms with E-state index in [0.717, 1.165) is 41.8 Å². The van der Waals surface area contributed by atoms with Gasteiger partial charge in [0.1, 0.15) is 12.4 Å². The monoisotopic (exact) mass is 424 g/mol. The Balaban J connectivity index is 1.38. The number of carbonyl (C=O) groups is 1. The second kappa shape index (κ2) is 8.91. The Morgan fingerprint density at radius 3 is 2.44 bits per heavy atom. The fourth-order valence-corrected chi connectivity index (χ4v) is 4.77. The van der Waals surface area contributed by atoms with E-state index in [9.17, 15) is 4.79 Å². The highest BCUT2D eigenvalue weighted by molar-refractivity contribution is 5.87. The summed E-state index contributed by atoms with van der Waals surface area (Å²) in [6, 6.07) is 26.6. The molecule has 0 spiro atoms. The Kier molecular flexibility index (Phi) is 5.68. The molecule has 3 aromatic carbocycles. The molecule has 0 saturated heterocycles. The van der Waals surface area contributed by atoms with Gasteiger partial charge in [-0.1, -0.05) is 67.6 Å². The lowest BCUT2D eigenvalue weighted by Crippen LogP contribution is -2.40. The summed E-state index contributed by atoms with van der Waals surface area (Å²) in [6.45, 7) is 3.46. The third kappa shape index (κ3) is 4.01. The Morgan fingerprint density at radius 1 is 1.00 bits per heavy atom. The molecule has 4 heteroatoms. The van der Waals surface area contributed by atoms with E-state index in [-0.39, 0.29) is 11.9 Å². The number of benzene rings is 3. The molecule has 0 aliphatic carbocycles. The van der Waals surface area contributed by atoms with Crippen LogP contribution in [-0.4, -0.2) is 22.3 Å². The number of hydrogen-bond acceptors (Lipinski definition) is 2. The number of aromatic amines is 1. The molecule has 0 bridgehead atoms. The summed E-state index contributed by atoms with van der Waals surface area (Å²) >= 11 is 0. The number of carbonyl (C=O) groups excluding carboxylic acids is 1. The predicted octanol–water partition coefficient (Wildman–Crippen LogP) is 5.83. The number of ether oxygens (including phenoxy) is 1. The predicted molar refractivity (Wildman–Crippen MR) is 128 cm³/mol. The first-order valence-corrected chi connectivity index (χ1v) is 11.4. The number of hydrogen-bond donors (Lipinski definition) is 1. The lowest BCUT2D eigenvalue weighted by molar-refractivity contribution is -0.133. The first-order chi connectivity index (χ1) is 15.7. The summed E-state index contributed by atoms with van der Waals surface area (Å²) in [5.41, 5.74) is 5.83. The summed E-state index contributed by atoms with van der Waals surface area (Å²) in [6.07, 6.45) is 2.19. The van der Waals surface area contributed by atoms with Gasteiger partial charge >= 0.3 is 0 Å². The quantitative estimate of drug-likeness (QED) is 0.424. The zero-order chi connectivity index (χ0) is 21.9. The van der Waals surface area contributed by atoms with Gasteiger partial charge in [-0.2, -0.15) is 0 Å². The Labute approximate surface area is 188 Å². The van der Waals surface area contributed by atoms with Gasteiger partial charge in [-0.05, 0) is 47.7 Å². The average Bonchev–Trinajstić information content (AvgIpc) is 3.21. The third-order valence-corrected chi connectivity index (χ3v) is 6.38. The molecule has 162 valence electrons. The molecule has 0 radical (unpaired) electrons. The zero-order valence-corrected chi connectivity index (χ0v) is 18.4. The minimum absolute atomic E-state index is 0.0797. The van der Waals surface area contributed by atoms with Crippen molar-refractivity contribution in [3.05, 3.63) is 101 Å². The Hall–Kier alpha value is -3.53. The molecule has 4 aromatic rings. The van der Waals surface area contributed by atoms with Crippen LogP contribution in [-0.2, 0) is 24.2 Å². The van der Waals surface area contributed by atoms with E-state index in [4.69, 9.17) is 4.74 Å². The summed E-state index contributed by atoms with van der Waals surface area (Å²) in [5.74, 6) is 1.07. The number of amides is 1. The summed E-state index contributed by atoms with van der Waals surface area (Å²) in [5, 5.41) is 1.21. The van der Waals surface area contributed by atoms with Gasteiger partial charge in [0.05, 0.1) is 12.5 Å². The van der Waals surface area contributed by atoms with E-state index in [0.29, 0.717) is 13.0 Å². The smallest absolute Gasteiger partial charge is 0.227 e. The average molecular weight is 425 g/mol. The van der Waals surface area contributed by atoms with Crippen LogP contribution < -0.4 is 4.74 Å². The normalized spacial score (nSPS) is 15.5. The summed E-state index contributed by atoms with van der Waals surface area (Å²) < 4.78 is 6.06. The van der Waals surface area contributed by atoms with E-state index >= 15 is 0 Å². The molecule has 1 unspecified atom stereocenters. The number of H-pyrrole nitrogens is 1. The van der Waals surface area contributed by atoms with Crippen LogP contribution in [0.4, 0.5) is 0 Å². The van der Waals surface area contributed by atoms with Crippen molar-refractivity contribution < 1.29 is 9.53 Å². The van der Waals surface area contributed by atoms with Gasteiger partial charge in [0.15, 0.2) is 0 Å². The van der Waals surface area contributed by atoms with Crippen molar-refractivity contribution >= 4 is 16.8 Å². The topological polar surface area (TPSA) is 45.3 Å². The van der Waals surface area contributed by atoms with Crippen molar-refractivity contribution in [2.45, 2.75) is 38.8 Å². The van der Waals surface area contributed by atoms with Crippen LogP contribution in [0, 0.1) is 0 Å². The largest absolute Gasteiger partial charge is 0.489 e. The molecule has 1 N–H and O–H groups in total. The van der Waals surface area contributed by atoms with Gasteiger partial charge in [-0.15, -0.1) is 0 Å². The summed E-state index contributed by atoms with van der Waals surface area (Å²) in [7, 11) is 0. The van der Waals surface area contributed by atoms with Crippen molar-refractivity contribution in [1.29, 1.82) is 0 Å². The first-order valence-electron chi connectivity index (χ1n) is 11.4. The Bertz CT molecular complexity index is 1210. The van der Waals surface area contributed by atoms with E-state index in [2.05, 4.69) is 41.1 Å². The molecule has 0 saturated carbocycles. The molecule has 4 nitrogen and oxygen atoms in total. The minimum Gasteiger partial charge on any atom is -0.489 e. The molecule has 1 atom stereocenters. The molecule has 5 rings (SSSR count). The van der Waals surface area contributed by atoms with Crippen LogP contribution in [0.5, 0.6) is 5.75 Å². The SMILES string of the molecule is CCC1c2[nH]c3ccc(OCc4ccccc4)cc3c2CCN1C(=O)Cc1ccccc1. The van der Waals surface area contributed by atoms with E-state index in [1.54, 1.807) is 0 Å². The number of nitrogens with zero attached hydrogens (tertiary/aromatic N) is 1. The van der Waals surface area contributed by atoms with Crippen LogP contribution in [0.3, 0.4) is 0 Å². The molecule has 1 amide bonds. The lowest BCUT2D eigenvalue weighted by atomic mass is 9.95. The first kappa shape index (κ1) is 20.4. The van der Waals surface area contributed by atoms with Crippen LogP contribution in [0.1, 0.15) is 41.8 Å². The van der Waals surface area contributed by atoms with Gasteiger partial charge in [-0.3, -0.25) is 4.79 Å². The maximum absolute atomic E-state index is 13.1. The number of rotatable bonds is 6. The van der Waals surface area contributed by atoms with Crippen LogP contribution in [0.25, 0.3) is 10.9 Å². The van der Waals surface area contributed by atoms with Crippen LogP contribution >= 0.6 is 0 Å². The molecular weight excluding hydrogens is 396 g/mol. The molecule has 1 aliphatic heterocycles. The minimum atomic E-state index is 0.0797. The fourth-order valence-electron chi connectivity index (χ4n) is 4.77. The highest BCUT2D eigenvalue weighted by atomic mass is 16.5. The van der Waals surface area contributed by atoms with Gasteiger partial charge in [0.2, 0.25) is 5.91 Å². The van der Waals surface area contributed by atoms with E-state index < -0.39 is 0 Å². The van der Waals surface area contributed by atoms with Crippen molar-refractivity contribution in [3.63, 3.8) is 0 Å². The van der Waals surface area contributed by atoms with Crippen molar-refractivity contribution in [2.75, 3.05) is 6.54 Å². The highest BCUT2D eigenvalue weighted by Gasteiger charge is 2.32. The Morgan fingerprint density at radius 2 is 1.72 bits per heavy atom. The molecule has 1 aliphatic rings. The van der Waals surface area contributed by atoms with Gasteiger partial charge in [0, 0.05) is 23.1 Å². The maximum atomic E-state index is 13.1. The van der Waals surface area contributed by atoms with Gasteiger partial charge in [-0.25, -0.2) is 0 Å². The van der Waals surface area contributed by atoms with Crippen LogP contribution in [0.2, 0.25) is 0 Å². The second-order valence-corrected chi connectivity index (χ2v) is 8.42. The van der Waals surface area contributed by atoms with Crippen molar-refractivity contribution in [3.8, 4) is 5.75 Å². The van der Waals surface area contributed by atoms with Crippen molar-refractivity contribution in [1.82, 2.24) is 9.88 Å². The van der Waals surface area contributed by atoms with E-state index in [1.807, 2.05) is 54.6 Å². The van der Waals surface area contributed by atoms with Crippen molar-refractivity contribution in [2.24, 2.45) is 0 Å². The maximum Gasteiger partial charge on any atom is 0.227 e. The van der Waals surface area contributed by atoms with Gasteiger partial charge in [0.25, 0.3) is 0 Å². The number of fused-ring (bicyclic) bond motifs is 3. The second-order valence-electron chi connectivity index (χ2n) is 8.42. The molecule has 2 heterocycles. The fraction of sp³-hybridized carbons (Fsp3) is 0.250. The number of nitrogens with one attached hydrogen (secondary N) is 1. The molecule has 32 heavy (non-hydrogen) atoms. The summed E-state index contributed by atoms with van der Waals surface area (Å²) in [4.78, 5) is 18.8. The van der Waals surface area contributed by atoms with Gasteiger partial charge < -0.3 is 14.6 Å². The molecular formula is C28H28N2O2. The molecule has 1 aromatic heterocycles. The lowest BCUT2D eigenvalue weighted by Gasteiger charge is -2.35. The highest BCUT2D eigenvalue weighted by Crippen LogP contribution is 2.37. The number of aromatic nitrogens is 1. The molecule has 0 fully saturated rings. The van der Waals surface area contributed by atoms with E-state index in [1.165, 1.54) is 16.6 Å². The zero-order valence-electron chi connectivity index (χ0n) is 18.4.